The molecule has 0 saturated carbocycles. The van der Waals surface area contributed by atoms with Gasteiger partial charge in [0.2, 0.25) is 6.54 Å². The number of carbonyl (C=O) groups is 1. The molecule has 5 nitrogen and oxygen atoms in total. The first-order valence-electron chi connectivity index (χ1n) is 3.08. The van der Waals surface area contributed by atoms with Crippen molar-refractivity contribution in [2.45, 2.75) is 3.92 Å². The van der Waals surface area contributed by atoms with Gasteiger partial charge in [-0.1, -0.05) is 28.7 Å². The van der Waals surface area contributed by atoms with Crippen LogP contribution >= 0.6 is 22.6 Å². The van der Waals surface area contributed by atoms with E-state index in [-0.39, 0.29) is 6.54 Å². The second-order valence-electron chi connectivity index (χ2n) is 1.87. The van der Waals surface area contributed by atoms with Crippen LogP contribution in [0.5, 0.6) is 0 Å². The van der Waals surface area contributed by atoms with E-state index in [4.69, 9.17) is 0 Å². The molecule has 0 rings (SSSR count). The molecule has 68 valence electrons. The summed E-state index contributed by atoms with van der Waals surface area (Å²) in [5.74, 6) is -0.407. The van der Waals surface area contributed by atoms with Gasteiger partial charge in [-0.15, -0.1) is 0 Å². The molecular formula is C6H8INO4. The molecule has 1 unspecified atom stereocenters. The molecule has 12 heavy (non-hydrogen) atoms. The van der Waals surface area contributed by atoms with Crippen molar-refractivity contribution < 1.29 is 14.5 Å². The predicted molar refractivity (Wildman–Crippen MR) is 50.8 cm³/mol. The van der Waals surface area contributed by atoms with Crippen molar-refractivity contribution in [3.05, 3.63) is 22.3 Å². The van der Waals surface area contributed by atoms with E-state index in [1.807, 2.05) is 22.6 Å². The first-order chi connectivity index (χ1) is 5.57. The largest absolute Gasteiger partial charge is 0.468 e. The summed E-state index contributed by atoms with van der Waals surface area (Å²) in [5.41, 5.74) is 0. The summed E-state index contributed by atoms with van der Waals surface area (Å²) >= 11 is 1.83. The fourth-order valence-electron chi connectivity index (χ4n) is 0.458. The van der Waals surface area contributed by atoms with E-state index >= 15 is 0 Å². The Bertz CT molecular complexity index is 204. The number of hydrogen-bond acceptors (Lipinski definition) is 4. The number of halogens is 1. The van der Waals surface area contributed by atoms with Crippen LogP contribution in [0.15, 0.2) is 12.2 Å². The number of methoxy groups -OCH3 is 1. The third-order valence-electron chi connectivity index (χ3n) is 0.986. The standard InChI is InChI=1S/C6H8INO4/c1-12-6(9)5(7)3-2-4-8(10)11/h2-3,5H,4H2,1H3. The van der Waals surface area contributed by atoms with Gasteiger partial charge in [0.25, 0.3) is 0 Å². The molecule has 0 aliphatic heterocycles. The minimum absolute atomic E-state index is 0.267. The lowest BCUT2D eigenvalue weighted by Gasteiger charge is -1.99. The maximum Gasteiger partial charge on any atom is 0.322 e. The van der Waals surface area contributed by atoms with E-state index < -0.39 is 14.8 Å². The zero-order valence-electron chi connectivity index (χ0n) is 6.40. The van der Waals surface area contributed by atoms with Gasteiger partial charge >= 0.3 is 5.97 Å². The van der Waals surface area contributed by atoms with Crippen LogP contribution in [0.3, 0.4) is 0 Å². The average molecular weight is 285 g/mol. The molecule has 0 N–H and O–H groups in total. The number of carbonyl (C=O) groups excluding carboxylic acids is 1. The van der Waals surface area contributed by atoms with E-state index in [0.29, 0.717) is 0 Å². The van der Waals surface area contributed by atoms with Crippen LogP contribution in [-0.4, -0.2) is 28.5 Å². The van der Waals surface area contributed by atoms with Crippen LogP contribution in [-0.2, 0) is 9.53 Å². The van der Waals surface area contributed by atoms with Gasteiger partial charge in [0.1, 0.15) is 3.92 Å². The monoisotopic (exact) mass is 285 g/mol. The highest BCUT2D eigenvalue weighted by molar-refractivity contribution is 14.1. The van der Waals surface area contributed by atoms with Gasteiger partial charge in [-0.25, -0.2) is 0 Å². The Balaban J connectivity index is 3.82. The number of nitrogens with zero attached hydrogens (tertiary/aromatic N) is 1. The fourth-order valence-corrected chi connectivity index (χ4v) is 1.01. The van der Waals surface area contributed by atoms with Gasteiger partial charge < -0.3 is 4.74 Å². The zero-order chi connectivity index (χ0) is 9.56. The minimum Gasteiger partial charge on any atom is -0.468 e. The Hall–Kier alpha value is -0.660. The number of alkyl halides is 1. The fraction of sp³-hybridized carbons (Fsp3) is 0.500. The number of nitro groups is 1. The molecule has 1 atom stereocenters. The maximum absolute atomic E-state index is 10.7. The van der Waals surface area contributed by atoms with E-state index in [2.05, 4.69) is 4.74 Å². The Morgan fingerprint density at radius 3 is 2.83 bits per heavy atom. The smallest absolute Gasteiger partial charge is 0.322 e. The molecule has 0 bridgehead atoms. The van der Waals surface area contributed by atoms with Gasteiger partial charge in [-0.2, -0.15) is 0 Å². The van der Waals surface area contributed by atoms with Gasteiger partial charge in [-0.3, -0.25) is 14.9 Å². The Kier molecular flexibility index (Phi) is 5.60. The molecule has 0 aromatic heterocycles. The third-order valence-corrected chi connectivity index (χ3v) is 1.91. The Morgan fingerprint density at radius 1 is 1.83 bits per heavy atom. The highest BCUT2D eigenvalue weighted by Crippen LogP contribution is 2.03. The molecule has 0 amide bonds. The molecule has 0 aromatic carbocycles. The normalized spacial score (nSPS) is 12.8. The van der Waals surface area contributed by atoms with Crippen LogP contribution in [0.25, 0.3) is 0 Å². The topological polar surface area (TPSA) is 69.4 Å². The van der Waals surface area contributed by atoms with Crippen LogP contribution < -0.4 is 0 Å². The van der Waals surface area contributed by atoms with Gasteiger partial charge in [0, 0.05) is 4.92 Å². The predicted octanol–water partition coefficient (Wildman–Crippen LogP) is 0.796. The van der Waals surface area contributed by atoms with E-state index in [9.17, 15) is 14.9 Å². The SMILES string of the molecule is COC(=O)C(I)C=CC[N+](=O)[O-]. The van der Waals surface area contributed by atoms with Crippen LogP contribution in [0.2, 0.25) is 0 Å². The first kappa shape index (κ1) is 11.3. The van der Waals surface area contributed by atoms with E-state index in [0.717, 1.165) is 0 Å². The lowest BCUT2D eigenvalue weighted by molar-refractivity contribution is -0.468. The maximum atomic E-state index is 10.7. The van der Waals surface area contributed by atoms with Crippen LogP contribution in [0, 0.1) is 10.1 Å². The van der Waals surface area contributed by atoms with Gasteiger partial charge in [-0.05, 0) is 6.08 Å². The highest BCUT2D eigenvalue weighted by atomic mass is 127. The molecule has 0 radical (unpaired) electrons. The summed E-state index contributed by atoms with van der Waals surface area (Å²) in [7, 11) is 1.27. The Labute approximate surface area is 83.1 Å². The summed E-state index contributed by atoms with van der Waals surface area (Å²) in [5, 5.41) is 9.86. The van der Waals surface area contributed by atoms with Crippen LogP contribution in [0.4, 0.5) is 0 Å². The summed E-state index contributed by atoms with van der Waals surface area (Å²) in [4.78, 5) is 20.1. The minimum atomic E-state index is -0.475. The molecule has 0 aliphatic carbocycles. The number of ether oxygens (including phenoxy) is 1. The van der Waals surface area contributed by atoms with E-state index in [1.165, 1.54) is 19.3 Å². The zero-order valence-corrected chi connectivity index (χ0v) is 8.55. The average Bonchev–Trinajstić information content (AvgIpc) is 2.02. The molecule has 6 heteroatoms. The molecule has 0 aromatic rings. The van der Waals surface area contributed by atoms with Gasteiger partial charge in [0.05, 0.1) is 7.11 Å². The molecule has 0 aliphatic rings. The second-order valence-corrected chi connectivity index (χ2v) is 3.21. The number of hydrogen-bond donors (Lipinski definition) is 0. The lowest BCUT2D eigenvalue weighted by Crippen LogP contribution is -2.12. The summed E-state index contributed by atoms with van der Waals surface area (Å²) in [6, 6.07) is 0. The number of esters is 1. The third kappa shape index (κ3) is 5.05. The van der Waals surface area contributed by atoms with Crippen LogP contribution in [0.1, 0.15) is 0 Å². The quantitative estimate of drug-likeness (QED) is 0.191. The lowest BCUT2D eigenvalue weighted by atomic mass is 10.4. The van der Waals surface area contributed by atoms with Gasteiger partial charge in [0.15, 0.2) is 0 Å². The Morgan fingerprint density at radius 2 is 2.42 bits per heavy atom. The summed E-state index contributed by atoms with van der Waals surface area (Å²) in [6.45, 7) is -0.267. The molecule has 0 fully saturated rings. The molecular weight excluding hydrogens is 277 g/mol. The van der Waals surface area contributed by atoms with E-state index in [1.54, 1.807) is 0 Å². The summed E-state index contributed by atoms with van der Waals surface area (Å²) < 4.78 is 3.95. The van der Waals surface area contributed by atoms with Crippen molar-refractivity contribution in [2.75, 3.05) is 13.7 Å². The van der Waals surface area contributed by atoms with Crippen molar-refractivity contribution in [1.82, 2.24) is 0 Å². The molecule has 0 saturated heterocycles. The highest BCUT2D eigenvalue weighted by Gasteiger charge is 2.10. The van der Waals surface area contributed by atoms with Crippen molar-refractivity contribution in [1.29, 1.82) is 0 Å². The van der Waals surface area contributed by atoms with Crippen molar-refractivity contribution in [3.63, 3.8) is 0 Å². The second kappa shape index (κ2) is 5.92. The number of rotatable bonds is 4. The van der Waals surface area contributed by atoms with Crippen molar-refractivity contribution >= 4 is 28.6 Å². The van der Waals surface area contributed by atoms with Crippen molar-refractivity contribution in [2.24, 2.45) is 0 Å². The molecule has 0 spiro atoms. The molecule has 0 heterocycles. The first-order valence-corrected chi connectivity index (χ1v) is 4.33. The van der Waals surface area contributed by atoms with Crippen molar-refractivity contribution in [3.8, 4) is 0 Å². The summed E-state index contributed by atoms with van der Waals surface area (Å²) in [6.07, 6.45) is 2.77.